The first-order valence-corrected chi connectivity index (χ1v) is 5.97. The summed E-state index contributed by atoms with van der Waals surface area (Å²) in [7, 11) is 0. The molecule has 1 saturated carbocycles. The Balaban J connectivity index is 2.10. The monoisotopic (exact) mass is 244 g/mol. The Bertz CT molecular complexity index is 513. The zero-order valence-electron chi connectivity index (χ0n) is 10.4. The summed E-state index contributed by atoms with van der Waals surface area (Å²) >= 11 is 0. The smallest absolute Gasteiger partial charge is 0.163 e. The van der Waals surface area contributed by atoms with Gasteiger partial charge in [0.2, 0.25) is 0 Å². The van der Waals surface area contributed by atoms with Crippen LogP contribution in [0, 0.1) is 16.7 Å². The minimum atomic E-state index is -0.0672. The van der Waals surface area contributed by atoms with Gasteiger partial charge in [-0.05, 0) is 38.0 Å². The van der Waals surface area contributed by atoms with Gasteiger partial charge in [0.05, 0.1) is 18.2 Å². The number of ketones is 1. The number of carbonyl (C=O) groups is 1. The van der Waals surface area contributed by atoms with E-state index in [0.717, 1.165) is 12.8 Å². The normalized spacial score (nSPS) is 15.8. The van der Waals surface area contributed by atoms with Crippen molar-refractivity contribution in [2.45, 2.75) is 26.2 Å². The number of hydrogen-bond acceptors (Lipinski definition) is 4. The predicted molar refractivity (Wildman–Crippen MR) is 68.3 cm³/mol. The van der Waals surface area contributed by atoms with E-state index in [-0.39, 0.29) is 11.2 Å². The van der Waals surface area contributed by atoms with Crippen molar-refractivity contribution in [2.24, 2.45) is 5.41 Å². The van der Waals surface area contributed by atoms with Gasteiger partial charge in [-0.15, -0.1) is 0 Å². The van der Waals surface area contributed by atoms with E-state index in [1.807, 2.05) is 0 Å². The van der Waals surface area contributed by atoms with Gasteiger partial charge in [0.25, 0.3) is 0 Å². The Morgan fingerprint density at radius 2 is 2.28 bits per heavy atom. The Hall–Kier alpha value is -2.02. The van der Waals surface area contributed by atoms with Crippen LogP contribution in [0.4, 0.5) is 5.69 Å². The number of anilines is 1. The molecule has 0 heterocycles. The lowest BCUT2D eigenvalue weighted by Crippen LogP contribution is -2.14. The van der Waals surface area contributed by atoms with Gasteiger partial charge in [-0.3, -0.25) is 4.79 Å². The van der Waals surface area contributed by atoms with Crippen LogP contribution in [0.1, 0.15) is 36.5 Å². The number of nitriles is 1. The van der Waals surface area contributed by atoms with Crippen molar-refractivity contribution < 1.29 is 9.53 Å². The lowest BCUT2D eigenvalue weighted by Gasteiger charge is -2.15. The van der Waals surface area contributed by atoms with E-state index in [2.05, 4.69) is 6.07 Å². The summed E-state index contributed by atoms with van der Waals surface area (Å²) in [5, 5.41) is 8.74. The lowest BCUT2D eigenvalue weighted by molar-refractivity contribution is 0.101. The summed E-state index contributed by atoms with van der Waals surface area (Å²) < 4.78 is 5.71. The quantitative estimate of drug-likeness (QED) is 0.638. The molecule has 0 spiro atoms. The third kappa shape index (κ3) is 2.62. The average Bonchev–Trinajstić information content (AvgIpc) is 3.08. The third-order valence-corrected chi connectivity index (χ3v) is 3.33. The highest BCUT2D eigenvalue weighted by molar-refractivity contribution is 5.97. The number of benzene rings is 1. The van der Waals surface area contributed by atoms with Crippen LogP contribution >= 0.6 is 0 Å². The molecule has 4 nitrogen and oxygen atoms in total. The van der Waals surface area contributed by atoms with Crippen molar-refractivity contribution in [1.82, 2.24) is 0 Å². The molecule has 0 amide bonds. The van der Waals surface area contributed by atoms with Gasteiger partial charge in [0.15, 0.2) is 5.78 Å². The molecular weight excluding hydrogens is 228 g/mol. The van der Waals surface area contributed by atoms with E-state index in [9.17, 15) is 4.79 Å². The number of hydrogen-bond donors (Lipinski definition) is 1. The maximum atomic E-state index is 11.5. The van der Waals surface area contributed by atoms with Crippen molar-refractivity contribution in [3.63, 3.8) is 0 Å². The highest BCUT2D eigenvalue weighted by Crippen LogP contribution is 2.48. The van der Waals surface area contributed by atoms with E-state index < -0.39 is 0 Å². The molecule has 0 unspecified atom stereocenters. The summed E-state index contributed by atoms with van der Waals surface area (Å²) in [6.45, 7) is 1.98. The maximum Gasteiger partial charge on any atom is 0.163 e. The first kappa shape index (κ1) is 12.4. The van der Waals surface area contributed by atoms with Gasteiger partial charge in [0, 0.05) is 17.5 Å². The highest BCUT2D eigenvalue weighted by Gasteiger charge is 2.43. The molecule has 0 atom stereocenters. The van der Waals surface area contributed by atoms with Crippen LogP contribution in [0.25, 0.3) is 0 Å². The van der Waals surface area contributed by atoms with Crippen LogP contribution < -0.4 is 10.5 Å². The molecule has 4 heteroatoms. The molecule has 1 aliphatic carbocycles. The van der Waals surface area contributed by atoms with Crippen LogP contribution in [-0.4, -0.2) is 12.4 Å². The fourth-order valence-corrected chi connectivity index (χ4v) is 1.90. The molecule has 1 aliphatic rings. The zero-order valence-corrected chi connectivity index (χ0v) is 10.4. The van der Waals surface area contributed by atoms with E-state index in [4.69, 9.17) is 15.7 Å². The average molecular weight is 244 g/mol. The fraction of sp³-hybridized carbons (Fsp3) is 0.429. The van der Waals surface area contributed by atoms with Crippen LogP contribution in [-0.2, 0) is 0 Å². The second kappa shape index (κ2) is 4.69. The molecule has 0 saturated heterocycles. The summed E-state index contributed by atoms with van der Waals surface area (Å²) in [6.07, 6.45) is 2.55. The van der Waals surface area contributed by atoms with Gasteiger partial charge in [-0.1, -0.05) is 0 Å². The number of nitrogens with zero attached hydrogens (tertiary/aromatic N) is 1. The molecule has 0 aliphatic heterocycles. The van der Waals surface area contributed by atoms with Gasteiger partial charge in [0.1, 0.15) is 5.75 Å². The molecule has 0 bridgehead atoms. The number of Topliss-reactive ketones (excluding diaryl/α,β-unsaturated/α-hetero) is 1. The van der Waals surface area contributed by atoms with Crippen LogP contribution in [0.5, 0.6) is 5.75 Å². The Morgan fingerprint density at radius 3 is 2.83 bits per heavy atom. The zero-order chi connectivity index (χ0) is 13.2. The largest absolute Gasteiger partial charge is 0.492 e. The van der Waals surface area contributed by atoms with Crippen molar-refractivity contribution in [2.75, 3.05) is 12.3 Å². The van der Waals surface area contributed by atoms with Gasteiger partial charge in [-0.25, -0.2) is 0 Å². The van der Waals surface area contributed by atoms with Crippen molar-refractivity contribution in [3.05, 3.63) is 23.8 Å². The summed E-state index contributed by atoms with van der Waals surface area (Å²) in [5.41, 5.74) is 6.71. The molecule has 1 fully saturated rings. The van der Waals surface area contributed by atoms with Crippen LogP contribution in [0.2, 0.25) is 0 Å². The number of rotatable bonds is 5. The number of carbonyl (C=O) groups excluding carboxylic acids is 1. The van der Waals surface area contributed by atoms with Crippen LogP contribution in [0.15, 0.2) is 18.2 Å². The van der Waals surface area contributed by atoms with E-state index >= 15 is 0 Å². The highest BCUT2D eigenvalue weighted by atomic mass is 16.5. The van der Waals surface area contributed by atoms with Gasteiger partial charge in [-0.2, -0.15) is 5.26 Å². The SMILES string of the molecule is CC(=O)c1cc(N)ccc1OCC1(CC#N)CC1. The second-order valence-electron chi connectivity index (χ2n) is 4.94. The van der Waals surface area contributed by atoms with E-state index in [1.54, 1.807) is 18.2 Å². The van der Waals surface area contributed by atoms with Crippen molar-refractivity contribution in [1.29, 1.82) is 5.26 Å². The standard InChI is InChI=1S/C14H16N2O2/c1-10(17)12-8-11(16)2-3-13(12)18-9-14(4-5-14)6-7-15/h2-3,8H,4-6,9,16H2,1H3. The molecule has 1 aromatic rings. The van der Waals surface area contributed by atoms with Gasteiger partial charge >= 0.3 is 0 Å². The summed E-state index contributed by atoms with van der Waals surface area (Å²) in [4.78, 5) is 11.5. The van der Waals surface area contributed by atoms with Crippen molar-refractivity contribution in [3.8, 4) is 11.8 Å². The first-order valence-electron chi connectivity index (χ1n) is 5.97. The Morgan fingerprint density at radius 1 is 1.56 bits per heavy atom. The molecule has 18 heavy (non-hydrogen) atoms. The maximum absolute atomic E-state index is 11.5. The summed E-state index contributed by atoms with van der Waals surface area (Å²) in [6, 6.07) is 7.24. The van der Waals surface area contributed by atoms with E-state index in [1.165, 1.54) is 6.92 Å². The minimum absolute atomic E-state index is 0.00416. The molecule has 2 rings (SSSR count). The lowest BCUT2D eigenvalue weighted by atomic mass is 10.1. The topological polar surface area (TPSA) is 76.1 Å². The Labute approximate surface area is 106 Å². The van der Waals surface area contributed by atoms with E-state index in [0.29, 0.717) is 30.0 Å². The molecule has 1 aromatic carbocycles. The van der Waals surface area contributed by atoms with Crippen LogP contribution in [0.3, 0.4) is 0 Å². The number of nitrogens with two attached hydrogens (primary N) is 1. The molecule has 2 N–H and O–H groups in total. The molecular formula is C14H16N2O2. The third-order valence-electron chi connectivity index (χ3n) is 3.33. The fourth-order valence-electron chi connectivity index (χ4n) is 1.90. The Kier molecular flexibility index (Phi) is 3.24. The second-order valence-corrected chi connectivity index (χ2v) is 4.94. The molecule has 0 aromatic heterocycles. The van der Waals surface area contributed by atoms with Gasteiger partial charge < -0.3 is 10.5 Å². The summed E-state index contributed by atoms with van der Waals surface area (Å²) in [5.74, 6) is 0.489. The first-order chi connectivity index (χ1) is 8.56. The number of ether oxygens (including phenoxy) is 1. The minimum Gasteiger partial charge on any atom is -0.492 e. The molecule has 94 valence electrons. The van der Waals surface area contributed by atoms with Crippen molar-refractivity contribution >= 4 is 11.5 Å². The number of nitrogen functional groups attached to an aromatic ring is 1. The predicted octanol–water partition coefficient (Wildman–Crippen LogP) is 2.54. The molecule has 0 radical (unpaired) electrons.